The SMILES string of the molecule is CCNC(=NCc1cccc(Cn2ccnc2)c1)N1CC2C3CCC(O3)C2C1.I. The number of rotatable bonds is 5. The van der Waals surface area contributed by atoms with Crippen molar-refractivity contribution in [3.63, 3.8) is 0 Å². The van der Waals surface area contributed by atoms with Crippen LogP contribution in [0.15, 0.2) is 48.0 Å². The molecule has 3 saturated heterocycles. The predicted octanol–water partition coefficient (Wildman–Crippen LogP) is 3.12. The number of hydrogen-bond acceptors (Lipinski definition) is 3. The summed E-state index contributed by atoms with van der Waals surface area (Å²) in [6.07, 6.45) is 9.14. The van der Waals surface area contributed by atoms with Gasteiger partial charge >= 0.3 is 0 Å². The predicted molar refractivity (Wildman–Crippen MR) is 124 cm³/mol. The first kappa shape index (κ1) is 20.7. The number of nitrogens with one attached hydrogen (secondary N) is 1. The van der Waals surface area contributed by atoms with Crippen LogP contribution in [0.1, 0.15) is 30.9 Å². The molecular formula is C22H30IN5O. The Balaban J connectivity index is 0.00000205. The molecule has 5 rings (SSSR count). The third-order valence-electron chi connectivity index (χ3n) is 6.41. The monoisotopic (exact) mass is 507 g/mol. The molecule has 7 heteroatoms. The van der Waals surface area contributed by atoms with E-state index in [1.807, 2.05) is 18.7 Å². The van der Waals surface area contributed by atoms with E-state index in [1.54, 1.807) is 0 Å². The highest BCUT2D eigenvalue weighted by atomic mass is 127. The van der Waals surface area contributed by atoms with Gasteiger partial charge in [-0.3, -0.25) is 0 Å². The maximum absolute atomic E-state index is 6.12. The molecule has 3 aliphatic rings. The zero-order chi connectivity index (χ0) is 18.9. The van der Waals surface area contributed by atoms with Gasteiger partial charge in [0.25, 0.3) is 0 Å². The zero-order valence-electron chi connectivity index (χ0n) is 16.9. The zero-order valence-corrected chi connectivity index (χ0v) is 19.2. The number of hydrogen-bond donors (Lipinski definition) is 1. The summed E-state index contributed by atoms with van der Waals surface area (Å²) in [5.41, 5.74) is 2.52. The van der Waals surface area contributed by atoms with Crippen LogP contribution < -0.4 is 5.32 Å². The third kappa shape index (κ3) is 4.30. The number of halogens is 1. The molecule has 0 radical (unpaired) electrons. The molecule has 3 fully saturated rings. The minimum Gasteiger partial charge on any atom is -0.374 e. The molecule has 4 heterocycles. The topological polar surface area (TPSA) is 54.7 Å². The van der Waals surface area contributed by atoms with Gasteiger partial charge in [0.05, 0.1) is 25.1 Å². The van der Waals surface area contributed by atoms with Crippen LogP contribution in [0.5, 0.6) is 0 Å². The largest absolute Gasteiger partial charge is 0.374 e. The minimum atomic E-state index is 0. The Morgan fingerprint density at radius 3 is 2.66 bits per heavy atom. The van der Waals surface area contributed by atoms with Gasteiger partial charge in [0.1, 0.15) is 0 Å². The van der Waals surface area contributed by atoms with Crippen LogP contribution in [0.4, 0.5) is 0 Å². The van der Waals surface area contributed by atoms with E-state index in [4.69, 9.17) is 9.73 Å². The van der Waals surface area contributed by atoms with Crippen molar-refractivity contribution in [2.45, 2.75) is 45.1 Å². The van der Waals surface area contributed by atoms with E-state index in [9.17, 15) is 0 Å². The van der Waals surface area contributed by atoms with Crippen molar-refractivity contribution in [2.75, 3.05) is 19.6 Å². The Hall–Kier alpha value is -1.61. The summed E-state index contributed by atoms with van der Waals surface area (Å²) in [4.78, 5) is 11.6. The molecule has 0 aliphatic carbocycles. The number of ether oxygens (including phenoxy) is 1. The molecule has 0 saturated carbocycles. The van der Waals surface area contributed by atoms with E-state index in [-0.39, 0.29) is 24.0 Å². The molecule has 3 aliphatic heterocycles. The number of benzene rings is 1. The number of aromatic nitrogens is 2. The Morgan fingerprint density at radius 2 is 1.97 bits per heavy atom. The normalized spacial score (nSPS) is 27.8. The fourth-order valence-electron chi connectivity index (χ4n) is 5.14. The Labute approximate surface area is 189 Å². The van der Waals surface area contributed by atoms with Gasteiger partial charge in [-0.2, -0.15) is 0 Å². The fourth-order valence-corrected chi connectivity index (χ4v) is 5.14. The fraction of sp³-hybridized carbons (Fsp3) is 0.545. The first-order chi connectivity index (χ1) is 13.8. The average molecular weight is 507 g/mol. The summed E-state index contributed by atoms with van der Waals surface area (Å²) in [5, 5.41) is 3.51. The number of likely N-dealkylation sites (tertiary alicyclic amines) is 1. The molecule has 4 atom stereocenters. The molecule has 6 nitrogen and oxygen atoms in total. The van der Waals surface area contributed by atoms with Crippen LogP contribution in [0.3, 0.4) is 0 Å². The number of nitrogens with zero attached hydrogens (tertiary/aromatic N) is 4. The van der Waals surface area contributed by atoms with Crippen LogP contribution in [0.2, 0.25) is 0 Å². The van der Waals surface area contributed by atoms with Gasteiger partial charge in [-0.1, -0.05) is 24.3 Å². The molecule has 2 aromatic rings. The van der Waals surface area contributed by atoms with E-state index in [0.29, 0.717) is 30.6 Å². The maximum Gasteiger partial charge on any atom is 0.194 e. The molecule has 2 bridgehead atoms. The first-order valence-corrected chi connectivity index (χ1v) is 10.5. The van der Waals surface area contributed by atoms with Crippen molar-refractivity contribution >= 4 is 29.9 Å². The standard InChI is InChI=1S/C22H29N5O.HI/c1-2-24-22(27-13-18-19(14-27)21-7-6-20(18)28-21)25-11-16-4-3-5-17(10-16)12-26-9-8-23-15-26;/h3-5,8-10,15,18-21H,2,6-7,11-14H2,1H3,(H,24,25);1H. The molecule has 0 amide bonds. The van der Waals surface area contributed by atoms with E-state index in [1.165, 1.54) is 24.0 Å². The number of fused-ring (bicyclic) bond motifs is 5. The highest BCUT2D eigenvalue weighted by Gasteiger charge is 2.53. The second-order valence-corrected chi connectivity index (χ2v) is 8.25. The lowest BCUT2D eigenvalue weighted by Gasteiger charge is -2.23. The van der Waals surface area contributed by atoms with Crippen molar-refractivity contribution in [2.24, 2.45) is 16.8 Å². The van der Waals surface area contributed by atoms with Crippen LogP contribution in [0, 0.1) is 11.8 Å². The molecule has 29 heavy (non-hydrogen) atoms. The number of aliphatic imine (C=N–C) groups is 1. The second-order valence-electron chi connectivity index (χ2n) is 8.25. The maximum atomic E-state index is 6.12. The van der Waals surface area contributed by atoms with Gasteiger partial charge in [0.15, 0.2) is 5.96 Å². The molecular weight excluding hydrogens is 477 g/mol. The molecule has 0 spiro atoms. The minimum absolute atomic E-state index is 0. The van der Waals surface area contributed by atoms with Crippen molar-refractivity contribution in [3.8, 4) is 0 Å². The Kier molecular flexibility index (Phi) is 6.44. The summed E-state index contributed by atoms with van der Waals surface area (Å²) >= 11 is 0. The molecule has 4 unspecified atom stereocenters. The van der Waals surface area contributed by atoms with Gasteiger partial charge in [-0.05, 0) is 30.9 Å². The van der Waals surface area contributed by atoms with Crippen LogP contribution in [-0.4, -0.2) is 52.3 Å². The van der Waals surface area contributed by atoms with Crippen molar-refractivity contribution in [3.05, 3.63) is 54.1 Å². The summed E-state index contributed by atoms with van der Waals surface area (Å²) in [6, 6.07) is 8.70. The number of imidazole rings is 1. The second kappa shape index (κ2) is 9.04. The van der Waals surface area contributed by atoms with Crippen molar-refractivity contribution in [1.29, 1.82) is 0 Å². The number of guanidine groups is 1. The van der Waals surface area contributed by atoms with E-state index < -0.39 is 0 Å². The van der Waals surface area contributed by atoms with Gasteiger partial charge in [0, 0.05) is 50.4 Å². The van der Waals surface area contributed by atoms with Gasteiger partial charge in [-0.25, -0.2) is 9.98 Å². The van der Waals surface area contributed by atoms with Crippen molar-refractivity contribution in [1.82, 2.24) is 19.8 Å². The van der Waals surface area contributed by atoms with Crippen molar-refractivity contribution < 1.29 is 4.74 Å². The summed E-state index contributed by atoms with van der Waals surface area (Å²) in [5.74, 6) is 2.44. The lowest BCUT2D eigenvalue weighted by molar-refractivity contribution is 0.0767. The van der Waals surface area contributed by atoms with E-state index in [0.717, 1.165) is 32.1 Å². The lowest BCUT2D eigenvalue weighted by atomic mass is 9.82. The highest BCUT2D eigenvalue weighted by molar-refractivity contribution is 14.0. The third-order valence-corrected chi connectivity index (χ3v) is 6.41. The van der Waals surface area contributed by atoms with Gasteiger partial charge in [-0.15, -0.1) is 24.0 Å². The van der Waals surface area contributed by atoms with E-state index >= 15 is 0 Å². The average Bonchev–Trinajstić information content (AvgIpc) is 3.48. The van der Waals surface area contributed by atoms with Gasteiger partial charge in [0.2, 0.25) is 0 Å². The Morgan fingerprint density at radius 1 is 1.21 bits per heavy atom. The van der Waals surface area contributed by atoms with Gasteiger partial charge < -0.3 is 19.5 Å². The smallest absolute Gasteiger partial charge is 0.194 e. The molecule has 1 aromatic carbocycles. The molecule has 1 aromatic heterocycles. The quantitative estimate of drug-likeness (QED) is 0.384. The molecule has 1 N–H and O–H groups in total. The Bertz CT molecular complexity index is 821. The first-order valence-electron chi connectivity index (χ1n) is 10.5. The summed E-state index contributed by atoms with van der Waals surface area (Å²) in [6.45, 7) is 6.75. The molecule has 156 valence electrons. The summed E-state index contributed by atoms with van der Waals surface area (Å²) < 4.78 is 8.21. The summed E-state index contributed by atoms with van der Waals surface area (Å²) in [7, 11) is 0. The highest BCUT2D eigenvalue weighted by Crippen LogP contribution is 2.47. The van der Waals surface area contributed by atoms with Crippen LogP contribution in [-0.2, 0) is 17.8 Å². The van der Waals surface area contributed by atoms with Crippen LogP contribution in [0.25, 0.3) is 0 Å². The van der Waals surface area contributed by atoms with Crippen LogP contribution >= 0.6 is 24.0 Å². The lowest BCUT2D eigenvalue weighted by Crippen LogP contribution is -2.41. The van der Waals surface area contributed by atoms with E-state index in [2.05, 4.69) is 51.0 Å².